The van der Waals surface area contributed by atoms with Crippen LogP contribution in [0.3, 0.4) is 0 Å². The third kappa shape index (κ3) is 2.45. The minimum atomic E-state index is -0.00768. The molecule has 0 amide bonds. The van der Waals surface area contributed by atoms with Gasteiger partial charge in [0.15, 0.2) is 6.79 Å². The van der Waals surface area contributed by atoms with Gasteiger partial charge >= 0.3 is 0 Å². The number of hydrogen-bond donors (Lipinski definition) is 2. The van der Waals surface area contributed by atoms with Crippen LogP contribution in [0.1, 0.15) is 5.56 Å². The van der Waals surface area contributed by atoms with Crippen molar-refractivity contribution in [3.63, 3.8) is 0 Å². The lowest BCUT2D eigenvalue weighted by Crippen LogP contribution is -2.13. The van der Waals surface area contributed by atoms with Crippen LogP contribution >= 0.6 is 0 Å². The molecule has 0 saturated heterocycles. The molecule has 0 aliphatic carbocycles. The van der Waals surface area contributed by atoms with Crippen molar-refractivity contribution in [2.24, 2.45) is 5.73 Å². The van der Waals surface area contributed by atoms with Crippen molar-refractivity contribution < 1.29 is 9.47 Å². The highest BCUT2D eigenvalue weighted by Crippen LogP contribution is 2.16. The fourth-order valence-corrected chi connectivity index (χ4v) is 0.937. The van der Waals surface area contributed by atoms with Gasteiger partial charge in [0.25, 0.3) is 0 Å². The van der Waals surface area contributed by atoms with Crippen molar-refractivity contribution >= 4 is 5.84 Å². The van der Waals surface area contributed by atoms with E-state index in [1.165, 1.54) is 7.11 Å². The average Bonchev–Trinajstić information content (AvgIpc) is 2.15. The summed E-state index contributed by atoms with van der Waals surface area (Å²) in [4.78, 5) is 0. The second-order valence-electron chi connectivity index (χ2n) is 2.46. The first-order valence-electron chi connectivity index (χ1n) is 3.81. The van der Waals surface area contributed by atoms with Gasteiger partial charge in [0.2, 0.25) is 0 Å². The van der Waals surface area contributed by atoms with E-state index in [9.17, 15) is 0 Å². The molecule has 0 heterocycles. The molecular formula is C9H12N2O2. The summed E-state index contributed by atoms with van der Waals surface area (Å²) in [5, 5.41) is 7.27. The molecule has 0 spiro atoms. The van der Waals surface area contributed by atoms with Gasteiger partial charge in [-0.2, -0.15) is 0 Å². The van der Waals surface area contributed by atoms with Crippen LogP contribution in [0.25, 0.3) is 0 Å². The highest BCUT2D eigenvalue weighted by Gasteiger charge is 2.04. The van der Waals surface area contributed by atoms with Crippen molar-refractivity contribution in [3.05, 3.63) is 29.8 Å². The Bertz CT molecular complexity index is 299. The number of nitrogens with one attached hydrogen (secondary N) is 1. The Morgan fingerprint density at radius 1 is 1.46 bits per heavy atom. The Morgan fingerprint density at radius 3 is 2.77 bits per heavy atom. The third-order valence-electron chi connectivity index (χ3n) is 1.51. The molecule has 70 valence electrons. The summed E-state index contributed by atoms with van der Waals surface area (Å²) in [6.07, 6.45) is 0. The van der Waals surface area contributed by atoms with Crippen LogP contribution < -0.4 is 10.5 Å². The van der Waals surface area contributed by atoms with Gasteiger partial charge in [-0.3, -0.25) is 5.41 Å². The quantitative estimate of drug-likeness (QED) is 0.412. The van der Waals surface area contributed by atoms with Gasteiger partial charge in [0.05, 0.1) is 5.56 Å². The zero-order valence-corrected chi connectivity index (χ0v) is 7.41. The molecule has 0 atom stereocenters. The highest BCUT2D eigenvalue weighted by atomic mass is 16.7. The van der Waals surface area contributed by atoms with Crippen molar-refractivity contribution in [1.29, 1.82) is 5.41 Å². The highest BCUT2D eigenvalue weighted by molar-refractivity contribution is 5.97. The summed E-state index contributed by atoms with van der Waals surface area (Å²) in [5.74, 6) is 0.559. The number of para-hydroxylation sites is 1. The summed E-state index contributed by atoms with van der Waals surface area (Å²) < 4.78 is 9.95. The van der Waals surface area contributed by atoms with E-state index in [0.29, 0.717) is 11.3 Å². The SMILES string of the molecule is COCOc1ccccc1C(=N)N. The molecular weight excluding hydrogens is 168 g/mol. The van der Waals surface area contributed by atoms with Gasteiger partial charge in [-0.05, 0) is 12.1 Å². The smallest absolute Gasteiger partial charge is 0.188 e. The first kappa shape index (κ1) is 9.54. The van der Waals surface area contributed by atoms with Crippen LogP contribution in [0.5, 0.6) is 5.75 Å². The predicted molar refractivity (Wildman–Crippen MR) is 50.0 cm³/mol. The number of hydrogen-bond acceptors (Lipinski definition) is 3. The van der Waals surface area contributed by atoms with Crippen molar-refractivity contribution in [2.45, 2.75) is 0 Å². The largest absolute Gasteiger partial charge is 0.467 e. The van der Waals surface area contributed by atoms with Gasteiger partial charge in [-0.25, -0.2) is 0 Å². The third-order valence-corrected chi connectivity index (χ3v) is 1.51. The maximum Gasteiger partial charge on any atom is 0.188 e. The van der Waals surface area contributed by atoms with E-state index in [1.807, 2.05) is 6.07 Å². The molecule has 3 N–H and O–H groups in total. The number of benzene rings is 1. The molecule has 0 fully saturated rings. The number of methoxy groups -OCH3 is 1. The van der Waals surface area contributed by atoms with Crippen LogP contribution in [-0.2, 0) is 4.74 Å². The summed E-state index contributed by atoms with van der Waals surface area (Å²) in [5.41, 5.74) is 5.93. The van der Waals surface area contributed by atoms with Crippen LogP contribution in [0.15, 0.2) is 24.3 Å². The number of nitrogen functional groups attached to an aromatic ring is 1. The summed E-state index contributed by atoms with van der Waals surface area (Å²) in [6.45, 7) is 0.157. The first-order valence-corrected chi connectivity index (χ1v) is 3.81. The topological polar surface area (TPSA) is 68.3 Å². The lowest BCUT2D eigenvalue weighted by atomic mass is 10.2. The van der Waals surface area contributed by atoms with E-state index in [4.69, 9.17) is 20.6 Å². The molecule has 4 heteroatoms. The van der Waals surface area contributed by atoms with Gasteiger partial charge in [-0.1, -0.05) is 12.1 Å². The molecule has 0 aliphatic rings. The Balaban J connectivity index is 2.84. The van der Waals surface area contributed by atoms with E-state index in [-0.39, 0.29) is 12.6 Å². The monoisotopic (exact) mass is 180 g/mol. The van der Waals surface area contributed by atoms with E-state index < -0.39 is 0 Å². The lowest BCUT2D eigenvalue weighted by Gasteiger charge is -2.08. The normalized spacial score (nSPS) is 9.62. The molecule has 0 bridgehead atoms. The molecule has 1 aromatic rings. The van der Waals surface area contributed by atoms with Gasteiger partial charge in [0, 0.05) is 7.11 Å². The number of amidine groups is 1. The zero-order chi connectivity index (χ0) is 9.68. The Hall–Kier alpha value is -1.55. The van der Waals surface area contributed by atoms with Gasteiger partial charge in [0.1, 0.15) is 11.6 Å². The minimum Gasteiger partial charge on any atom is -0.467 e. The summed E-state index contributed by atoms with van der Waals surface area (Å²) in [6, 6.07) is 7.09. The average molecular weight is 180 g/mol. The molecule has 13 heavy (non-hydrogen) atoms. The predicted octanol–water partition coefficient (Wildman–Crippen LogP) is 0.953. The van der Waals surface area contributed by atoms with E-state index in [1.54, 1.807) is 18.2 Å². The number of rotatable bonds is 4. The van der Waals surface area contributed by atoms with Crippen LogP contribution in [0.4, 0.5) is 0 Å². The van der Waals surface area contributed by atoms with Gasteiger partial charge < -0.3 is 15.2 Å². The molecule has 0 aliphatic heterocycles. The molecule has 0 aromatic heterocycles. The minimum absolute atomic E-state index is 0.00768. The number of ether oxygens (including phenoxy) is 2. The molecule has 1 rings (SSSR count). The van der Waals surface area contributed by atoms with Crippen LogP contribution in [-0.4, -0.2) is 19.7 Å². The molecule has 0 saturated carbocycles. The maximum absolute atomic E-state index is 7.27. The molecule has 0 unspecified atom stereocenters. The summed E-state index contributed by atoms with van der Waals surface area (Å²) in [7, 11) is 1.54. The standard InChI is InChI=1S/C9H12N2O2/c1-12-6-13-8-5-3-2-4-7(8)9(10)11/h2-5H,6H2,1H3,(H3,10,11). The number of nitrogens with two attached hydrogens (primary N) is 1. The van der Waals surface area contributed by atoms with Crippen LogP contribution in [0.2, 0.25) is 0 Å². The Morgan fingerprint density at radius 2 is 2.15 bits per heavy atom. The zero-order valence-electron chi connectivity index (χ0n) is 7.41. The fraction of sp³-hybridized carbons (Fsp3) is 0.222. The van der Waals surface area contributed by atoms with Crippen molar-refractivity contribution in [2.75, 3.05) is 13.9 Å². The van der Waals surface area contributed by atoms with E-state index >= 15 is 0 Å². The lowest BCUT2D eigenvalue weighted by molar-refractivity contribution is 0.0510. The molecule has 0 radical (unpaired) electrons. The van der Waals surface area contributed by atoms with Crippen LogP contribution in [0, 0.1) is 5.41 Å². The van der Waals surface area contributed by atoms with E-state index in [0.717, 1.165) is 0 Å². The van der Waals surface area contributed by atoms with Gasteiger partial charge in [-0.15, -0.1) is 0 Å². The second kappa shape index (κ2) is 4.47. The maximum atomic E-state index is 7.27. The second-order valence-corrected chi connectivity index (χ2v) is 2.46. The summed E-state index contributed by atoms with van der Waals surface area (Å²) >= 11 is 0. The van der Waals surface area contributed by atoms with E-state index in [2.05, 4.69) is 0 Å². The molecule has 4 nitrogen and oxygen atoms in total. The van der Waals surface area contributed by atoms with Crippen molar-refractivity contribution in [1.82, 2.24) is 0 Å². The fourth-order valence-electron chi connectivity index (χ4n) is 0.937. The first-order chi connectivity index (χ1) is 6.25. The molecule has 1 aromatic carbocycles. The Kier molecular flexibility index (Phi) is 3.28. The Labute approximate surface area is 76.8 Å². The van der Waals surface area contributed by atoms with Crippen molar-refractivity contribution in [3.8, 4) is 5.75 Å².